The van der Waals surface area contributed by atoms with E-state index in [0.29, 0.717) is 6.42 Å². The van der Waals surface area contributed by atoms with Crippen LogP contribution >= 0.6 is 0 Å². The topological polar surface area (TPSA) is 78.4 Å². The number of nitrogens with one attached hydrogen (secondary N) is 2. The summed E-state index contributed by atoms with van der Waals surface area (Å²) in [6.45, 7) is 9.21. The van der Waals surface area contributed by atoms with Gasteiger partial charge in [-0.3, -0.25) is 14.9 Å². The fraction of sp³-hybridized carbons (Fsp3) is 0.833. The van der Waals surface area contributed by atoms with Crippen LogP contribution in [0.2, 0.25) is 0 Å². The average Bonchev–Trinajstić information content (AvgIpc) is 2.25. The van der Waals surface area contributed by atoms with Gasteiger partial charge in [-0.1, -0.05) is 13.8 Å². The second-order valence-electron chi connectivity index (χ2n) is 5.13. The molecule has 0 aliphatic carbocycles. The summed E-state index contributed by atoms with van der Waals surface area (Å²) in [6.07, 6.45) is 1.25. The largest absolute Gasteiger partial charge is 0.480 e. The van der Waals surface area contributed by atoms with Crippen molar-refractivity contribution in [2.75, 3.05) is 6.54 Å². The molecule has 0 radical (unpaired) electrons. The first-order chi connectivity index (χ1) is 7.67. The van der Waals surface area contributed by atoms with Crippen LogP contribution in [0.3, 0.4) is 0 Å². The maximum atomic E-state index is 11.6. The summed E-state index contributed by atoms with van der Waals surface area (Å²) in [5, 5.41) is 14.7. The highest BCUT2D eigenvalue weighted by Crippen LogP contribution is 2.09. The van der Waals surface area contributed by atoms with Gasteiger partial charge in [0.15, 0.2) is 0 Å². The van der Waals surface area contributed by atoms with Gasteiger partial charge in [-0.25, -0.2) is 0 Å². The first kappa shape index (κ1) is 15.9. The monoisotopic (exact) mass is 244 g/mol. The van der Waals surface area contributed by atoms with E-state index < -0.39 is 11.5 Å². The predicted molar refractivity (Wildman–Crippen MR) is 66.8 cm³/mol. The van der Waals surface area contributed by atoms with E-state index in [4.69, 9.17) is 5.11 Å². The van der Waals surface area contributed by atoms with Gasteiger partial charge in [-0.2, -0.15) is 0 Å². The molecule has 3 N–H and O–H groups in total. The van der Waals surface area contributed by atoms with Gasteiger partial charge in [0.25, 0.3) is 0 Å². The molecule has 0 rings (SSSR count). The third-order valence-electron chi connectivity index (χ3n) is 3.18. The first-order valence-electron chi connectivity index (χ1n) is 5.96. The molecule has 5 nitrogen and oxygen atoms in total. The highest BCUT2D eigenvalue weighted by Gasteiger charge is 2.31. The lowest BCUT2D eigenvalue weighted by Crippen LogP contribution is -2.54. The first-order valence-corrected chi connectivity index (χ1v) is 5.96. The molecule has 0 spiro atoms. The molecular weight excluding hydrogens is 220 g/mol. The molecule has 100 valence electrons. The van der Waals surface area contributed by atoms with Crippen molar-refractivity contribution >= 4 is 11.9 Å². The summed E-state index contributed by atoms with van der Waals surface area (Å²) in [4.78, 5) is 22.6. The van der Waals surface area contributed by atoms with E-state index in [1.165, 1.54) is 0 Å². The fourth-order valence-electron chi connectivity index (χ4n) is 1.14. The van der Waals surface area contributed by atoms with Gasteiger partial charge in [0.05, 0.1) is 6.54 Å². The Morgan fingerprint density at radius 3 is 2.00 bits per heavy atom. The normalized spacial score (nSPS) is 15.1. The van der Waals surface area contributed by atoms with Crippen molar-refractivity contribution in [2.24, 2.45) is 0 Å². The summed E-state index contributed by atoms with van der Waals surface area (Å²) in [5.74, 6) is -1.12. The van der Waals surface area contributed by atoms with E-state index in [-0.39, 0.29) is 18.0 Å². The number of aliphatic carboxylic acids is 1. The third kappa shape index (κ3) is 5.17. The minimum Gasteiger partial charge on any atom is -0.480 e. The number of rotatable bonds is 7. The van der Waals surface area contributed by atoms with Crippen molar-refractivity contribution in [1.82, 2.24) is 10.6 Å². The predicted octanol–water partition coefficient (Wildman–Crippen LogP) is 1.13. The molecule has 0 aliphatic heterocycles. The minimum absolute atomic E-state index is 0.0140. The quantitative estimate of drug-likeness (QED) is 0.627. The number of hydrogen-bond donors (Lipinski definition) is 3. The van der Waals surface area contributed by atoms with Crippen molar-refractivity contribution in [2.45, 2.75) is 58.5 Å². The zero-order valence-electron chi connectivity index (χ0n) is 11.4. The lowest BCUT2D eigenvalue weighted by atomic mass is 9.99. The van der Waals surface area contributed by atoms with Gasteiger partial charge >= 0.3 is 5.97 Å². The van der Waals surface area contributed by atoms with Crippen molar-refractivity contribution in [3.05, 3.63) is 0 Å². The van der Waals surface area contributed by atoms with Crippen LogP contribution in [0, 0.1) is 0 Å². The summed E-state index contributed by atoms with van der Waals surface area (Å²) in [5.41, 5.74) is -1.31. The van der Waals surface area contributed by atoms with Crippen LogP contribution < -0.4 is 10.6 Å². The lowest BCUT2D eigenvalue weighted by Gasteiger charge is -2.27. The number of carboxylic acids is 1. The Balaban J connectivity index is 4.29. The molecule has 0 bridgehead atoms. The van der Waals surface area contributed by atoms with Crippen LogP contribution in [-0.4, -0.2) is 34.6 Å². The van der Waals surface area contributed by atoms with E-state index in [1.54, 1.807) is 13.8 Å². The standard InChI is InChI=1S/C12H24N2O3/c1-6-11(3,4)14-9(15)8-13-12(5,7-2)10(16)17/h13H,6-8H2,1-5H3,(H,14,15)(H,16,17). The van der Waals surface area contributed by atoms with Gasteiger partial charge in [-0.15, -0.1) is 0 Å². The Morgan fingerprint density at radius 2 is 1.65 bits per heavy atom. The zero-order chi connectivity index (χ0) is 13.7. The molecular formula is C12H24N2O3. The van der Waals surface area contributed by atoms with E-state index in [0.717, 1.165) is 6.42 Å². The van der Waals surface area contributed by atoms with E-state index in [1.807, 2.05) is 20.8 Å². The maximum Gasteiger partial charge on any atom is 0.323 e. The van der Waals surface area contributed by atoms with Crippen LogP contribution in [0.5, 0.6) is 0 Å². The third-order valence-corrected chi connectivity index (χ3v) is 3.18. The van der Waals surface area contributed by atoms with Gasteiger partial charge in [0.2, 0.25) is 5.91 Å². The molecule has 0 fully saturated rings. The number of carboxylic acid groups (broad SMARTS) is 1. The fourth-order valence-corrected chi connectivity index (χ4v) is 1.14. The molecule has 0 aromatic heterocycles. The number of hydrogen-bond acceptors (Lipinski definition) is 3. The summed E-state index contributed by atoms with van der Waals surface area (Å²) < 4.78 is 0. The van der Waals surface area contributed by atoms with Crippen molar-refractivity contribution < 1.29 is 14.7 Å². The van der Waals surface area contributed by atoms with Gasteiger partial charge in [0.1, 0.15) is 5.54 Å². The molecule has 1 amide bonds. The van der Waals surface area contributed by atoms with Gasteiger partial charge < -0.3 is 10.4 Å². The summed E-state index contributed by atoms with van der Waals surface area (Å²) >= 11 is 0. The van der Waals surface area contributed by atoms with Crippen LogP contribution in [0.25, 0.3) is 0 Å². The lowest BCUT2D eigenvalue weighted by molar-refractivity contribution is -0.144. The van der Waals surface area contributed by atoms with Gasteiger partial charge in [-0.05, 0) is 33.6 Å². The summed E-state index contributed by atoms with van der Waals surface area (Å²) in [7, 11) is 0. The Kier molecular flexibility index (Phi) is 5.61. The molecule has 17 heavy (non-hydrogen) atoms. The summed E-state index contributed by atoms with van der Waals surface area (Å²) in [6, 6.07) is 0. The zero-order valence-corrected chi connectivity index (χ0v) is 11.4. The van der Waals surface area contributed by atoms with E-state index in [9.17, 15) is 9.59 Å². The SMILES string of the molecule is CCC(C)(C)NC(=O)CNC(C)(CC)C(=O)O. The second kappa shape index (κ2) is 6.00. The molecule has 1 unspecified atom stereocenters. The Morgan fingerprint density at radius 1 is 1.12 bits per heavy atom. The highest BCUT2D eigenvalue weighted by atomic mass is 16.4. The maximum absolute atomic E-state index is 11.6. The van der Waals surface area contributed by atoms with Crippen LogP contribution in [0.15, 0.2) is 0 Å². The van der Waals surface area contributed by atoms with E-state index in [2.05, 4.69) is 10.6 Å². The second-order valence-corrected chi connectivity index (χ2v) is 5.13. The van der Waals surface area contributed by atoms with Crippen molar-refractivity contribution in [3.63, 3.8) is 0 Å². The Bertz CT molecular complexity index is 289. The molecule has 0 aromatic carbocycles. The molecule has 0 aromatic rings. The van der Waals surface area contributed by atoms with Gasteiger partial charge in [0, 0.05) is 5.54 Å². The molecule has 1 atom stereocenters. The molecule has 0 saturated carbocycles. The minimum atomic E-state index is -1.05. The molecule has 0 heterocycles. The van der Waals surface area contributed by atoms with Crippen LogP contribution in [0.4, 0.5) is 0 Å². The van der Waals surface area contributed by atoms with Crippen molar-refractivity contribution in [1.29, 1.82) is 0 Å². The molecule has 5 heteroatoms. The number of carbonyl (C=O) groups excluding carboxylic acids is 1. The molecule has 0 aliphatic rings. The Labute approximate surface area is 103 Å². The smallest absolute Gasteiger partial charge is 0.323 e. The number of carbonyl (C=O) groups is 2. The van der Waals surface area contributed by atoms with Crippen LogP contribution in [0.1, 0.15) is 47.5 Å². The van der Waals surface area contributed by atoms with Crippen LogP contribution in [-0.2, 0) is 9.59 Å². The van der Waals surface area contributed by atoms with E-state index >= 15 is 0 Å². The average molecular weight is 244 g/mol. The highest BCUT2D eigenvalue weighted by molar-refractivity contribution is 5.82. The Hall–Kier alpha value is -1.10. The number of amides is 1. The van der Waals surface area contributed by atoms with Crippen molar-refractivity contribution in [3.8, 4) is 0 Å². The molecule has 0 saturated heterocycles.